The van der Waals surface area contributed by atoms with E-state index in [2.05, 4.69) is 10.4 Å². The maximum absolute atomic E-state index is 12.8. The number of hydrogen-bond acceptors (Lipinski definition) is 4. The summed E-state index contributed by atoms with van der Waals surface area (Å²) in [6, 6.07) is -0.393. The standard InChI is InChI=1S/C13H19F3N4O2/c1-19-7-9(22-3)4-10(19)12(21)17-5-8-6-20(2)18-11(8)13(14,15)16/h6,9-10H,4-5,7H2,1-3H3,(H,17,21)/t9-,10-/m0/s1. The first-order chi connectivity index (χ1) is 10.2. The van der Waals surface area contributed by atoms with Crippen LogP contribution < -0.4 is 5.32 Å². The highest BCUT2D eigenvalue weighted by Gasteiger charge is 2.38. The molecular formula is C13H19F3N4O2. The first-order valence-electron chi connectivity index (χ1n) is 6.82. The number of nitrogens with zero attached hydrogens (tertiary/aromatic N) is 3. The van der Waals surface area contributed by atoms with Gasteiger partial charge in [-0.15, -0.1) is 0 Å². The van der Waals surface area contributed by atoms with Gasteiger partial charge in [-0.2, -0.15) is 18.3 Å². The molecule has 1 N–H and O–H groups in total. The van der Waals surface area contributed by atoms with Gasteiger partial charge in [-0.1, -0.05) is 0 Å². The number of methoxy groups -OCH3 is 1. The van der Waals surface area contributed by atoms with Crippen molar-refractivity contribution >= 4 is 5.91 Å². The van der Waals surface area contributed by atoms with Crippen molar-refractivity contribution in [2.24, 2.45) is 7.05 Å². The number of amides is 1. The zero-order chi connectivity index (χ0) is 16.5. The van der Waals surface area contributed by atoms with Crippen LogP contribution in [-0.2, 0) is 29.3 Å². The Labute approximate surface area is 126 Å². The number of alkyl halides is 3. The topological polar surface area (TPSA) is 59.4 Å². The molecule has 2 atom stereocenters. The Hall–Kier alpha value is -1.61. The summed E-state index contributed by atoms with van der Waals surface area (Å²) in [6.07, 6.45) is -2.78. The normalized spacial score (nSPS) is 23.0. The molecule has 0 saturated carbocycles. The number of likely N-dealkylation sites (N-methyl/N-ethyl adjacent to an activating group) is 1. The summed E-state index contributed by atoms with van der Waals surface area (Å²) in [4.78, 5) is 14.0. The van der Waals surface area contributed by atoms with E-state index in [0.29, 0.717) is 13.0 Å². The number of nitrogens with one attached hydrogen (secondary N) is 1. The highest BCUT2D eigenvalue weighted by molar-refractivity contribution is 5.82. The highest BCUT2D eigenvalue weighted by atomic mass is 19.4. The van der Waals surface area contributed by atoms with E-state index >= 15 is 0 Å². The van der Waals surface area contributed by atoms with E-state index in [0.717, 1.165) is 4.68 Å². The van der Waals surface area contributed by atoms with E-state index in [4.69, 9.17) is 4.74 Å². The van der Waals surface area contributed by atoms with Crippen LogP contribution in [-0.4, -0.2) is 53.4 Å². The largest absolute Gasteiger partial charge is 0.435 e. The lowest BCUT2D eigenvalue weighted by Gasteiger charge is -2.18. The molecule has 0 unspecified atom stereocenters. The molecule has 2 heterocycles. The molecule has 6 nitrogen and oxygen atoms in total. The third-order valence-electron chi connectivity index (χ3n) is 3.77. The molecule has 2 rings (SSSR count). The Morgan fingerprint density at radius 1 is 1.50 bits per heavy atom. The van der Waals surface area contributed by atoms with E-state index in [-0.39, 0.29) is 24.1 Å². The van der Waals surface area contributed by atoms with Crippen LogP contribution in [0, 0.1) is 0 Å². The fraction of sp³-hybridized carbons (Fsp3) is 0.692. The average molecular weight is 320 g/mol. The number of likely N-dealkylation sites (tertiary alicyclic amines) is 1. The van der Waals surface area contributed by atoms with E-state index in [9.17, 15) is 18.0 Å². The van der Waals surface area contributed by atoms with Crippen LogP contribution in [0.3, 0.4) is 0 Å². The molecule has 0 bridgehead atoms. The van der Waals surface area contributed by atoms with E-state index in [1.54, 1.807) is 14.2 Å². The minimum absolute atomic E-state index is 0.0371. The van der Waals surface area contributed by atoms with Crippen LogP contribution in [0.1, 0.15) is 17.7 Å². The van der Waals surface area contributed by atoms with Crippen LogP contribution in [0.5, 0.6) is 0 Å². The Kier molecular flexibility index (Phi) is 4.76. The molecule has 124 valence electrons. The molecule has 0 aliphatic carbocycles. The zero-order valence-electron chi connectivity index (χ0n) is 12.6. The van der Waals surface area contributed by atoms with Crippen LogP contribution in [0.2, 0.25) is 0 Å². The SMILES string of the molecule is CO[C@H]1C[C@@H](C(=O)NCc2cn(C)nc2C(F)(F)F)N(C)C1. The number of rotatable bonds is 4. The molecule has 1 saturated heterocycles. The van der Waals surface area contributed by atoms with Crippen molar-refractivity contribution in [1.29, 1.82) is 0 Å². The van der Waals surface area contributed by atoms with Gasteiger partial charge < -0.3 is 10.1 Å². The Balaban J connectivity index is 2.00. The molecule has 1 aliphatic rings. The maximum Gasteiger partial charge on any atom is 0.435 e. The molecule has 9 heteroatoms. The summed E-state index contributed by atoms with van der Waals surface area (Å²) >= 11 is 0. The van der Waals surface area contributed by atoms with Gasteiger partial charge in [-0.3, -0.25) is 14.4 Å². The van der Waals surface area contributed by atoms with Crippen molar-refractivity contribution in [3.8, 4) is 0 Å². The van der Waals surface area contributed by atoms with Gasteiger partial charge >= 0.3 is 6.18 Å². The van der Waals surface area contributed by atoms with Gasteiger partial charge in [-0.05, 0) is 13.5 Å². The van der Waals surface area contributed by atoms with Crippen molar-refractivity contribution in [3.63, 3.8) is 0 Å². The quantitative estimate of drug-likeness (QED) is 0.890. The second-order valence-electron chi connectivity index (χ2n) is 5.44. The van der Waals surface area contributed by atoms with Crippen molar-refractivity contribution < 1.29 is 22.7 Å². The van der Waals surface area contributed by atoms with Gasteiger partial charge in [0.05, 0.1) is 12.1 Å². The smallest absolute Gasteiger partial charge is 0.380 e. The Bertz CT molecular complexity index is 544. The molecule has 0 aromatic carbocycles. The molecular weight excluding hydrogens is 301 g/mol. The second-order valence-corrected chi connectivity index (χ2v) is 5.44. The third-order valence-corrected chi connectivity index (χ3v) is 3.77. The predicted molar refractivity (Wildman–Crippen MR) is 71.9 cm³/mol. The monoisotopic (exact) mass is 320 g/mol. The second kappa shape index (κ2) is 6.25. The lowest BCUT2D eigenvalue weighted by Crippen LogP contribution is -2.41. The van der Waals surface area contributed by atoms with Gasteiger partial charge in [-0.25, -0.2) is 0 Å². The highest BCUT2D eigenvalue weighted by Crippen LogP contribution is 2.30. The third kappa shape index (κ3) is 3.58. The van der Waals surface area contributed by atoms with E-state index < -0.39 is 17.9 Å². The molecule has 0 spiro atoms. The summed E-state index contributed by atoms with van der Waals surface area (Å²) in [5, 5.41) is 5.96. The fourth-order valence-electron chi connectivity index (χ4n) is 2.64. The van der Waals surface area contributed by atoms with E-state index in [1.807, 2.05) is 4.90 Å². The summed E-state index contributed by atoms with van der Waals surface area (Å²) in [6.45, 7) is 0.415. The van der Waals surface area contributed by atoms with Crippen molar-refractivity contribution in [1.82, 2.24) is 20.0 Å². The van der Waals surface area contributed by atoms with Gasteiger partial charge in [0, 0.05) is 39.0 Å². The number of halogens is 3. The molecule has 22 heavy (non-hydrogen) atoms. The lowest BCUT2D eigenvalue weighted by molar-refractivity contribution is -0.142. The average Bonchev–Trinajstić information content (AvgIpc) is 2.98. The fourth-order valence-corrected chi connectivity index (χ4v) is 2.64. The molecule has 0 radical (unpaired) electrons. The predicted octanol–water partition coefficient (Wildman–Crippen LogP) is 0.774. The molecule has 1 amide bonds. The van der Waals surface area contributed by atoms with Crippen LogP contribution in [0.15, 0.2) is 6.20 Å². The number of carbonyl (C=O) groups is 1. The van der Waals surface area contributed by atoms with E-state index in [1.165, 1.54) is 13.2 Å². The number of ether oxygens (including phenoxy) is 1. The minimum Gasteiger partial charge on any atom is -0.380 e. The number of aryl methyl sites for hydroxylation is 1. The van der Waals surface area contributed by atoms with Gasteiger partial charge in [0.15, 0.2) is 5.69 Å². The first-order valence-corrected chi connectivity index (χ1v) is 6.82. The number of hydrogen-bond donors (Lipinski definition) is 1. The van der Waals surface area contributed by atoms with Crippen molar-refractivity contribution in [2.75, 3.05) is 20.7 Å². The van der Waals surface area contributed by atoms with Crippen LogP contribution in [0.4, 0.5) is 13.2 Å². The van der Waals surface area contributed by atoms with Crippen LogP contribution in [0.25, 0.3) is 0 Å². The molecule has 1 fully saturated rings. The molecule has 1 aromatic rings. The molecule has 1 aliphatic heterocycles. The lowest BCUT2D eigenvalue weighted by atomic mass is 10.1. The van der Waals surface area contributed by atoms with Gasteiger partial charge in [0.2, 0.25) is 5.91 Å². The summed E-state index contributed by atoms with van der Waals surface area (Å²) < 4.78 is 44.8. The zero-order valence-corrected chi connectivity index (χ0v) is 12.6. The first kappa shape index (κ1) is 16.8. The van der Waals surface area contributed by atoms with Gasteiger partial charge in [0.25, 0.3) is 0 Å². The number of carbonyl (C=O) groups excluding carboxylic acids is 1. The summed E-state index contributed by atoms with van der Waals surface area (Å²) in [5.41, 5.74) is -1.02. The van der Waals surface area contributed by atoms with Crippen molar-refractivity contribution in [3.05, 3.63) is 17.5 Å². The molecule has 1 aromatic heterocycles. The minimum atomic E-state index is -4.54. The van der Waals surface area contributed by atoms with Crippen molar-refractivity contribution in [2.45, 2.75) is 31.3 Å². The summed E-state index contributed by atoms with van der Waals surface area (Å²) in [7, 11) is 4.77. The Morgan fingerprint density at radius 2 is 2.18 bits per heavy atom. The number of aromatic nitrogens is 2. The Morgan fingerprint density at radius 3 is 2.73 bits per heavy atom. The summed E-state index contributed by atoms with van der Waals surface area (Å²) in [5.74, 6) is -0.306. The van der Waals surface area contributed by atoms with Crippen LogP contribution >= 0.6 is 0 Å². The maximum atomic E-state index is 12.8. The van der Waals surface area contributed by atoms with Gasteiger partial charge in [0.1, 0.15) is 0 Å².